The van der Waals surface area contributed by atoms with E-state index in [-0.39, 0.29) is 23.6 Å². The van der Waals surface area contributed by atoms with Crippen molar-refractivity contribution in [3.8, 4) is 11.5 Å². The number of nitrogens with one attached hydrogen (secondary N) is 2. The summed E-state index contributed by atoms with van der Waals surface area (Å²) in [6.07, 6.45) is 8.35. The lowest BCUT2D eigenvalue weighted by Crippen LogP contribution is -2.22. The molecule has 6 heterocycles. The van der Waals surface area contributed by atoms with E-state index < -0.39 is 11.8 Å². The number of hydrogen-bond donors (Lipinski definition) is 2. The molecule has 1 saturated heterocycles. The topological polar surface area (TPSA) is 121 Å². The van der Waals surface area contributed by atoms with Gasteiger partial charge in [-0.2, -0.15) is 0 Å². The summed E-state index contributed by atoms with van der Waals surface area (Å²) in [6, 6.07) is 27.1. The maximum atomic E-state index is 12.7. The van der Waals surface area contributed by atoms with Crippen molar-refractivity contribution in [1.82, 2.24) is 19.8 Å². The smallest absolute Gasteiger partial charge is 0.259 e. The molecule has 0 spiro atoms. The third-order valence-electron chi connectivity index (χ3n) is 11.1. The number of amides is 4. The monoisotopic (exact) mass is 718 g/mol. The molecule has 2 N–H and O–H groups in total. The van der Waals surface area contributed by atoms with Crippen molar-refractivity contribution in [3.05, 3.63) is 131 Å². The maximum Gasteiger partial charge on any atom is 0.259 e. The standard InChI is InChI=1S/C22H20N2O3.C22H18N2O3/c2*1-27-17-6-2-4-13(12-17)18-19(22(26)23-21(18)25)16-10-14-5-3-8-24-9-7-15(11-16)20(14)24/h2,4,6-7,9-12,18-19H,3,5,8H2,1H3,(H,23,25,26);2,4,6-7,9-12H,3,5,8H2,1H3,(H,23,25,26)/t18-,19-;/m0./s1. The summed E-state index contributed by atoms with van der Waals surface area (Å²) in [6.45, 7) is 2.05. The lowest BCUT2D eigenvalue weighted by Gasteiger charge is -2.21. The number of ether oxygens (including phenoxy) is 2. The highest BCUT2D eigenvalue weighted by molar-refractivity contribution is 6.49. The minimum absolute atomic E-state index is 0.227. The molecule has 0 saturated carbocycles. The van der Waals surface area contributed by atoms with Gasteiger partial charge in [0.05, 0.1) is 48.2 Å². The van der Waals surface area contributed by atoms with Crippen LogP contribution in [0, 0.1) is 0 Å². The second-order valence-corrected chi connectivity index (χ2v) is 14.3. The van der Waals surface area contributed by atoms with Gasteiger partial charge in [0, 0.05) is 36.3 Å². The molecule has 10 rings (SSSR count). The van der Waals surface area contributed by atoms with Crippen molar-refractivity contribution >= 4 is 56.6 Å². The van der Waals surface area contributed by atoms with Gasteiger partial charge in [-0.25, -0.2) is 0 Å². The Balaban J connectivity index is 0.000000142. The average Bonchev–Trinajstić information content (AvgIpc) is 3.95. The normalized spacial score (nSPS) is 18.9. The van der Waals surface area contributed by atoms with Crippen LogP contribution in [0.1, 0.15) is 58.1 Å². The van der Waals surface area contributed by atoms with Crippen LogP contribution in [0.2, 0.25) is 0 Å². The van der Waals surface area contributed by atoms with Crippen LogP contribution < -0.4 is 20.1 Å². The zero-order chi connectivity index (χ0) is 37.1. The van der Waals surface area contributed by atoms with E-state index in [2.05, 4.69) is 62.5 Å². The number of aromatic nitrogens is 2. The first-order valence-corrected chi connectivity index (χ1v) is 18.3. The molecule has 270 valence electrons. The molecule has 0 bridgehead atoms. The number of nitrogens with zero attached hydrogens (tertiary/aromatic N) is 2. The van der Waals surface area contributed by atoms with Gasteiger partial charge in [0.25, 0.3) is 11.8 Å². The van der Waals surface area contributed by atoms with E-state index in [0.717, 1.165) is 66.2 Å². The fourth-order valence-corrected chi connectivity index (χ4v) is 8.75. The lowest BCUT2D eigenvalue weighted by atomic mass is 9.82. The number of carbonyl (C=O) groups excluding carboxylic acids is 4. The SMILES string of the molecule is COc1cccc(C2=C(c3cc4c5c(ccn5CCC4)c3)C(=O)NC2=O)c1.COc1cccc([C@@H]2C(=O)NC(=O)[C@H]2c2cc3c4c(ccn4CCC3)c2)c1. The van der Waals surface area contributed by atoms with Gasteiger partial charge in [0.15, 0.2) is 0 Å². The summed E-state index contributed by atoms with van der Waals surface area (Å²) in [5.41, 5.74) is 9.00. The fraction of sp³-hybridized carbons (Fsp3) is 0.227. The number of benzene rings is 4. The highest BCUT2D eigenvalue weighted by Crippen LogP contribution is 2.41. The second-order valence-electron chi connectivity index (χ2n) is 14.3. The molecule has 1 fully saturated rings. The molecule has 4 aromatic carbocycles. The van der Waals surface area contributed by atoms with Crippen molar-refractivity contribution in [2.24, 2.45) is 0 Å². The summed E-state index contributed by atoms with van der Waals surface area (Å²) in [7, 11) is 3.18. The number of hydrogen-bond acceptors (Lipinski definition) is 6. The summed E-state index contributed by atoms with van der Waals surface area (Å²) >= 11 is 0. The molecule has 4 aliphatic heterocycles. The highest BCUT2D eigenvalue weighted by atomic mass is 16.5. The van der Waals surface area contributed by atoms with Crippen LogP contribution in [-0.2, 0) is 45.1 Å². The molecule has 10 nitrogen and oxygen atoms in total. The van der Waals surface area contributed by atoms with Crippen LogP contribution in [0.4, 0.5) is 0 Å². The predicted molar refractivity (Wildman–Crippen MR) is 205 cm³/mol. The number of aryl methyl sites for hydroxylation is 4. The quantitative estimate of drug-likeness (QED) is 0.196. The van der Waals surface area contributed by atoms with E-state index in [1.807, 2.05) is 48.5 Å². The Kier molecular flexibility index (Phi) is 8.18. The number of methoxy groups -OCH3 is 2. The minimum Gasteiger partial charge on any atom is -0.497 e. The molecule has 0 unspecified atom stereocenters. The third-order valence-corrected chi connectivity index (χ3v) is 11.1. The molecule has 54 heavy (non-hydrogen) atoms. The van der Waals surface area contributed by atoms with Gasteiger partial charge in [-0.1, -0.05) is 30.3 Å². The van der Waals surface area contributed by atoms with E-state index >= 15 is 0 Å². The van der Waals surface area contributed by atoms with Crippen molar-refractivity contribution in [3.63, 3.8) is 0 Å². The Morgan fingerprint density at radius 3 is 1.81 bits per heavy atom. The first-order chi connectivity index (χ1) is 26.3. The molecule has 6 aromatic rings. The molecule has 10 heteroatoms. The van der Waals surface area contributed by atoms with Gasteiger partial charge in [-0.3, -0.25) is 29.8 Å². The average molecular weight is 719 g/mol. The van der Waals surface area contributed by atoms with Crippen LogP contribution in [0.15, 0.2) is 97.3 Å². The van der Waals surface area contributed by atoms with E-state index in [1.54, 1.807) is 20.3 Å². The van der Waals surface area contributed by atoms with E-state index in [4.69, 9.17) is 9.47 Å². The van der Waals surface area contributed by atoms with Gasteiger partial charge in [-0.05, 0) is 114 Å². The fourth-order valence-electron chi connectivity index (χ4n) is 8.75. The summed E-state index contributed by atoms with van der Waals surface area (Å²) in [4.78, 5) is 50.6. The number of rotatable bonds is 6. The molecule has 2 atom stereocenters. The predicted octanol–water partition coefficient (Wildman–Crippen LogP) is 6.28. The van der Waals surface area contributed by atoms with Crippen molar-refractivity contribution in [2.45, 2.75) is 50.6 Å². The van der Waals surface area contributed by atoms with Gasteiger partial charge in [0.2, 0.25) is 11.8 Å². The Morgan fingerprint density at radius 1 is 0.574 bits per heavy atom. The molecular formula is C44H38N4O6. The molecule has 0 radical (unpaired) electrons. The largest absolute Gasteiger partial charge is 0.497 e. The summed E-state index contributed by atoms with van der Waals surface area (Å²) in [5.74, 6) is -0.915. The van der Waals surface area contributed by atoms with Crippen LogP contribution in [-0.4, -0.2) is 47.0 Å². The van der Waals surface area contributed by atoms with Crippen LogP contribution in [0.25, 0.3) is 33.0 Å². The molecule has 0 aliphatic carbocycles. The summed E-state index contributed by atoms with van der Waals surface area (Å²) < 4.78 is 15.1. The second kappa shape index (κ2) is 13.2. The minimum atomic E-state index is -0.539. The Bertz CT molecular complexity index is 2590. The molecule has 2 aromatic heterocycles. The Morgan fingerprint density at radius 2 is 1.15 bits per heavy atom. The van der Waals surface area contributed by atoms with Crippen molar-refractivity contribution in [2.75, 3.05) is 14.2 Å². The van der Waals surface area contributed by atoms with Gasteiger partial charge >= 0.3 is 0 Å². The van der Waals surface area contributed by atoms with Gasteiger partial charge in [0.1, 0.15) is 11.5 Å². The molecule has 4 aliphatic rings. The molecule has 4 amide bonds. The van der Waals surface area contributed by atoms with Crippen LogP contribution in [0.5, 0.6) is 11.5 Å². The van der Waals surface area contributed by atoms with Gasteiger partial charge < -0.3 is 18.6 Å². The third kappa shape index (κ3) is 5.57. The van der Waals surface area contributed by atoms with E-state index in [9.17, 15) is 19.2 Å². The van der Waals surface area contributed by atoms with E-state index in [1.165, 1.54) is 22.2 Å². The van der Waals surface area contributed by atoms with E-state index in [0.29, 0.717) is 28.2 Å². The summed E-state index contributed by atoms with van der Waals surface area (Å²) in [5, 5.41) is 7.23. The Hall–Kier alpha value is -6.42. The van der Waals surface area contributed by atoms with Crippen molar-refractivity contribution in [1.29, 1.82) is 0 Å². The van der Waals surface area contributed by atoms with Crippen molar-refractivity contribution < 1.29 is 28.7 Å². The number of imide groups is 2. The Labute approximate surface area is 311 Å². The highest BCUT2D eigenvalue weighted by Gasteiger charge is 2.44. The van der Waals surface area contributed by atoms with Gasteiger partial charge in [-0.15, -0.1) is 0 Å². The lowest BCUT2D eigenvalue weighted by molar-refractivity contribution is -0.126. The maximum absolute atomic E-state index is 12.7. The zero-order valence-electron chi connectivity index (χ0n) is 30.0. The first kappa shape index (κ1) is 33.4. The van der Waals surface area contributed by atoms with Crippen LogP contribution in [0.3, 0.4) is 0 Å². The van der Waals surface area contributed by atoms with Crippen LogP contribution >= 0.6 is 0 Å². The number of carbonyl (C=O) groups is 4. The molecular weight excluding hydrogens is 681 g/mol. The zero-order valence-corrected chi connectivity index (χ0v) is 30.0. The first-order valence-electron chi connectivity index (χ1n) is 18.3.